The Labute approximate surface area is 113 Å². The van der Waals surface area contributed by atoms with Crippen LogP contribution in [0.4, 0.5) is 0 Å². The first kappa shape index (κ1) is 12.6. The molecule has 0 radical (unpaired) electrons. The van der Waals surface area contributed by atoms with E-state index in [9.17, 15) is 0 Å². The summed E-state index contributed by atoms with van der Waals surface area (Å²) in [4.78, 5) is 9.36. The summed E-state index contributed by atoms with van der Waals surface area (Å²) in [5.41, 5.74) is 6.36. The minimum Gasteiger partial charge on any atom is -0.325 e. The van der Waals surface area contributed by atoms with Crippen LogP contribution in [0.3, 0.4) is 0 Å². The number of nitrogens with zero attached hydrogens (tertiary/aromatic N) is 2. The fourth-order valence-corrected chi connectivity index (χ4v) is 2.50. The van der Waals surface area contributed by atoms with Gasteiger partial charge in [0.1, 0.15) is 5.03 Å². The number of aromatic nitrogens is 2. The Morgan fingerprint density at radius 3 is 2.59 bits per heavy atom. The van der Waals surface area contributed by atoms with Crippen LogP contribution >= 0.6 is 35.0 Å². The van der Waals surface area contributed by atoms with Crippen LogP contribution < -0.4 is 5.73 Å². The van der Waals surface area contributed by atoms with Crippen molar-refractivity contribution >= 4 is 35.0 Å². The zero-order valence-electron chi connectivity index (χ0n) is 8.73. The van der Waals surface area contributed by atoms with E-state index in [0.29, 0.717) is 16.6 Å². The van der Waals surface area contributed by atoms with E-state index in [1.54, 1.807) is 24.5 Å². The molecule has 0 saturated carbocycles. The molecule has 1 aromatic carbocycles. The molecular weight excluding hydrogens is 277 g/mol. The molecule has 17 heavy (non-hydrogen) atoms. The van der Waals surface area contributed by atoms with Crippen molar-refractivity contribution in [3.8, 4) is 0 Å². The number of nitrogens with two attached hydrogens (primary N) is 1. The van der Waals surface area contributed by atoms with Crippen molar-refractivity contribution in [2.75, 3.05) is 0 Å². The monoisotopic (exact) mass is 285 g/mol. The standard InChI is InChI=1S/C11H9Cl2N3S/c12-8-2-1-7(5-9(8)13)17-11-10(6-14)15-3-4-16-11/h1-5H,6,14H2. The Morgan fingerprint density at radius 1 is 1.12 bits per heavy atom. The van der Waals surface area contributed by atoms with Gasteiger partial charge in [-0.3, -0.25) is 4.98 Å². The lowest BCUT2D eigenvalue weighted by Gasteiger charge is -2.05. The Balaban J connectivity index is 2.28. The van der Waals surface area contributed by atoms with E-state index in [4.69, 9.17) is 28.9 Å². The first-order valence-electron chi connectivity index (χ1n) is 4.83. The third kappa shape index (κ3) is 3.10. The number of hydrogen-bond acceptors (Lipinski definition) is 4. The molecule has 6 heteroatoms. The van der Waals surface area contributed by atoms with Gasteiger partial charge in [-0.15, -0.1) is 0 Å². The van der Waals surface area contributed by atoms with Crippen molar-refractivity contribution in [1.82, 2.24) is 9.97 Å². The van der Waals surface area contributed by atoms with E-state index in [1.165, 1.54) is 11.8 Å². The quantitative estimate of drug-likeness (QED) is 0.939. The van der Waals surface area contributed by atoms with Crippen LogP contribution in [0, 0.1) is 0 Å². The van der Waals surface area contributed by atoms with Crippen LogP contribution in [0.15, 0.2) is 40.5 Å². The molecule has 0 fully saturated rings. The van der Waals surface area contributed by atoms with Gasteiger partial charge in [0.25, 0.3) is 0 Å². The number of rotatable bonds is 3. The summed E-state index contributed by atoms with van der Waals surface area (Å²) in [6.07, 6.45) is 3.26. The summed E-state index contributed by atoms with van der Waals surface area (Å²) in [6, 6.07) is 5.43. The molecule has 0 atom stereocenters. The molecule has 3 nitrogen and oxygen atoms in total. The summed E-state index contributed by atoms with van der Waals surface area (Å²) < 4.78 is 0. The van der Waals surface area contributed by atoms with Gasteiger partial charge in [-0.25, -0.2) is 4.98 Å². The molecule has 88 valence electrons. The second-order valence-electron chi connectivity index (χ2n) is 3.19. The van der Waals surface area contributed by atoms with Gasteiger partial charge in [0.05, 0.1) is 15.7 Å². The van der Waals surface area contributed by atoms with E-state index in [2.05, 4.69) is 9.97 Å². The van der Waals surface area contributed by atoms with Crippen molar-refractivity contribution in [3.63, 3.8) is 0 Å². The zero-order chi connectivity index (χ0) is 12.3. The van der Waals surface area contributed by atoms with Gasteiger partial charge in [-0.2, -0.15) is 0 Å². The SMILES string of the molecule is NCc1nccnc1Sc1ccc(Cl)c(Cl)c1. The average Bonchev–Trinajstić information content (AvgIpc) is 2.34. The maximum absolute atomic E-state index is 5.95. The molecule has 0 spiro atoms. The van der Waals surface area contributed by atoms with Crippen molar-refractivity contribution in [2.45, 2.75) is 16.5 Å². The highest BCUT2D eigenvalue weighted by Gasteiger charge is 2.07. The third-order valence-corrected chi connectivity index (χ3v) is 3.80. The van der Waals surface area contributed by atoms with Gasteiger partial charge in [-0.05, 0) is 18.2 Å². The lowest BCUT2D eigenvalue weighted by atomic mass is 10.4. The molecule has 2 rings (SSSR count). The van der Waals surface area contributed by atoms with Crippen molar-refractivity contribution in [3.05, 3.63) is 46.3 Å². The molecule has 0 bridgehead atoms. The molecule has 0 amide bonds. The Hall–Kier alpha value is -0.810. The van der Waals surface area contributed by atoms with E-state index in [-0.39, 0.29) is 0 Å². The predicted octanol–water partition coefficient (Wildman–Crippen LogP) is 3.39. The van der Waals surface area contributed by atoms with Gasteiger partial charge >= 0.3 is 0 Å². The summed E-state index contributed by atoms with van der Waals surface area (Å²) in [5, 5.41) is 1.84. The molecule has 2 aromatic rings. The van der Waals surface area contributed by atoms with Gasteiger partial charge in [0, 0.05) is 23.8 Å². The zero-order valence-corrected chi connectivity index (χ0v) is 11.1. The van der Waals surface area contributed by atoms with Crippen LogP contribution in [0.5, 0.6) is 0 Å². The highest BCUT2D eigenvalue weighted by Crippen LogP contribution is 2.32. The first-order valence-corrected chi connectivity index (χ1v) is 6.41. The summed E-state index contributed by atoms with van der Waals surface area (Å²) >= 11 is 13.3. The van der Waals surface area contributed by atoms with E-state index in [0.717, 1.165) is 15.6 Å². The van der Waals surface area contributed by atoms with Crippen LogP contribution in [0.1, 0.15) is 5.69 Å². The largest absolute Gasteiger partial charge is 0.325 e. The molecule has 0 aliphatic carbocycles. The Morgan fingerprint density at radius 2 is 1.88 bits per heavy atom. The fourth-order valence-electron chi connectivity index (χ4n) is 1.23. The highest BCUT2D eigenvalue weighted by atomic mass is 35.5. The van der Waals surface area contributed by atoms with Crippen molar-refractivity contribution < 1.29 is 0 Å². The van der Waals surface area contributed by atoms with Crippen LogP contribution in [0.2, 0.25) is 10.0 Å². The summed E-state index contributed by atoms with van der Waals surface area (Å²) in [6.45, 7) is 0.359. The minimum absolute atomic E-state index is 0.359. The summed E-state index contributed by atoms with van der Waals surface area (Å²) in [7, 11) is 0. The smallest absolute Gasteiger partial charge is 0.124 e. The highest BCUT2D eigenvalue weighted by molar-refractivity contribution is 7.99. The maximum atomic E-state index is 5.95. The average molecular weight is 286 g/mol. The lowest BCUT2D eigenvalue weighted by Crippen LogP contribution is -2.02. The summed E-state index contributed by atoms with van der Waals surface area (Å²) in [5.74, 6) is 0. The van der Waals surface area contributed by atoms with Gasteiger partial charge < -0.3 is 5.73 Å². The van der Waals surface area contributed by atoms with E-state index < -0.39 is 0 Å². The molecule has 0 saturated heterocycles. The van der Waals surface area contributed by atoms with E-state index in [1.807, 2.05) is 6.07 Å². The number of halogens is 2. The van der Waals surface area contributed by atoms with Crippen LogP contribution in [0.25, 0.3) is 0 Å². The third-order valence-electron chi connectivity index (χ3n) is 2.03. The molecule has 1 heterocycles. The number of benzene rings is 1. The molecule has 1 aromatic heterocycles. The topological polar surface area (TPSA) is 51.8 Å². The minimum atomic E-state index is 0.359. The van der Waals surface area contributed by atoms with Crippen LogP contribution in [-0.2, 0) is 6.54 Å². The van der Waals surface area contributed by atoms with Gasteiger partial charge in [0.2, 0.25) is 0 Å². The lowest BCUT2D eigenvalue weighted by molar-refractivity contribution is 0.886. The predicted molar refractivity (Wildman–Crippen MR) is 70.5 cm³/mol. The Kier molecular flexibility index (Phi) is 4.23. The molecular formula is C11H9Cl2N3S. The van der Waals surface area contributed by atoms with Crippen molar-refractivity contribution in [1.29, 1.82) is 0 Å². The second kappa shape index (κ2) is 5.69. The maximum Gasteiger partial charge on any atom is 0.124 e. The normalized spacial score (nSPS) is 10.5. The molecule has 0 aliphatic rings. The van der Waals surface area contributed by atoms with E-state index >= 15 is 0 Å². The van der Waals surface area contributed by atoms with Gasteiger partial charge in [-0.1, -0.05) is 35.0 Å². The van der Waals surface area contributed by atoms with Crippen molar-refractivity contribution in [2.24, 2.45) is 5.73 Å². The van der Waals surface area contributed by atoms with Crippen LogP contribution in [-0.4, -0.2) is 9.97 Å². The second-order valence-corrected chi connectivity index (χ2v) is 5.07. The molecule has 0 aliphatic heterocycles. The van der Waals surface area contributed by atoms with Gasteiger partial charge in [0.15, 0.2) is 0 Å². The first-order chi connectivity index (χ1) is 8.20. The molecule has 0 unspecified atom stereocenters. The molecule has 2 N–H and O–H groups in total. The number of hydrogen-bond donors (Lipinski definition) is 1. The Bertz CT molecular complexity index is 534. The fraction of sp³-hybridized carbons (Fsp3) is 0.0909.